The monoisotopic (exact) mass is 590 g/mol. The lowest BCUT2D eigenvalue weighted by Crippen LogP contribution is -2.59. The van der Waals surface area contributed by atoms with Crippen molar-refractivity contribution >= 4 is 54.0 Å². The van der Waals surface area contributed by atoms with Gasteiger partial charge in [-0.3, -0.25) is 33.6 Å². The summed E-state index contributed by atoms with van der Waals surface area (Å²) in [5.74, 6) is -6.23. The number of carboxylic acids is 1. The number of aliphatic carboxylic acids is 1. The molecule has 0 aromatic heterocycles. The number of nitrogens with one attached hydrogen (secondary N) is 5. The third-order valence-corrected chi connectivity index (χ3v) is 6.17. The van der Waals surface area contributed by atoms with Crippen molar-refractivity contribution in [1.82, 2.24) is 26.6 Å². The quantitative estimate of drug-likeness (QED) is 0.0485. The van der Waals surface area contributed by atoms with Gasteiger partial charge >= 0.3 is 5.97 Å². The molecule has 0 bridgehead atoms. The summed E-state index contributed by atoms with van der Waals surface area (Å²) in [4.78, 5) is 84.5. The minimum Gasteiger partial charge on any atom is -0.480 e. The second kappa shape index (κ2) is 19.6. The predicted molar refractivity (Wildman–Crippen MR) is 147 cm³/mol. The van der Waals surface area contributed by atoms with E-state index in [0.717, 1.165) is 0 Å². The van der Waals surface area contributed by atoms with Crippen LogP contribution in [0.25, 0.3) is 0 Å². The van der Waals surface area contributed by atoms with Gasteiger partial charge in [-0.05, 0) is 31.7 Å². The topological polar surface area (TPSA) is 278 Å². The van der Waals surface area contributed by atoms with E-state index >= 15 is 0 Å². The first-order valence-electron chi connectivity index (χ1n) is 12.8. The average Bonchev–Trinajstić information content (AvgIpc) is 2.90. The van der Waals surface area contributed by atoms with Gasteiger partial charge in [-0.25, -0.2) is 0 Å². The molecule has 0 aliphatic carbocycles. The summed E-state index contributed by atoms with van der Waals surface area (Å²) in [6, 6.07) is -4.61. The van der Waals surface area contributed by atoms with Crippen molar-refractivity contribution in [1.29, 1.82) is 0 Å². The second-order valence-electron chi connectivity index (χ2n) is 9.13. The van der Waals surface area contributed by atoms with Gasteiger partial charge in [0.05, 0.1) is 19.0 Å². The van der Waals surface area contributed by atoms with Crippen molar-refractivity contribution in [3.63, 3.8) is 0 Å². The Morgan fingerprint density at radius 1 is 0.850 bits per heavy atom. The first kappa shape index (κ1) is 36.6. The first-order chi connectivity index (χ1) is 18.8. The van der Waals surface area contributed by atoms with E-state index in [2.05, 4.69) is 39.2 Å². The van der Waals surface area contributed by atoms with E-state index in [9.17, 15) is 33.6 Å². The Balaban J connectivity index is 5.35. The molecule has 5 atom stereocenters. The van der Waals surface area contributed by atoms with Gasteiger partial charge in [0, 0.05) is 5.75 Å². The molecule has 16 nitrogen and oxygen atoms in total. The molecule has 0 saturated carbocycles. The van der Waals surface area contributed by atoms with Crippen LogP contribution in [-0.2, 0) is 33.6 Å². The molecule has 6 amide bonds. The number of hydrogen-bond acceptors (Lipinski definition) is 10. The number of carbonyl (C=O) groups excluding carboxylic acids is 6. The molecule has 0 aromatic carbocycles. The van der Waals surface area contributed by atoms with Gasteiger partial charge in [-0.1, -0.05) is 20.3 Å². The average molecular weight is 591 g/mol. The number of amides is 6. The van der Waals surface area contributed by atoms with Gasteiger partial charge in [0.15, 0.2) is 0 Å². The molecular formula is C23H42N8O8S. The molecule has 17 heteroatoms. The Hall–Kier alpha value is -3.44. The number of nitrogens with two attached hydrogens (primary N) is 3. The zero-order valence-corrected chi connectivity index (χ0v) is 23.6. The van der Waals surface area contributed by atoms with Gasteiger partial charge in [0.25, 0.3) is 0 Å². The zero-order chi connectivity index (χ0) is 30.8. The minimum absolute atomic E-state index is 0.154. The lowest BCUT2D eigenvalue weighted by Gasteiger charge is -2.27. The van der Waals surface area contributed by atoms with Crippen molar-refractivity contribution in [3.8, 4) is 0 Å². The van der Waals surface area contributed by atoms with E-state index in [-0.39, 0.29) is 18.1 Å². The number of rotatable bonds is 20. The van der Waals surface area contributed by atoms with E-state index < -0.39 is 85.1 Å². The minimum atomic E-state index is -1.26. The van der Waals surface area contributed by atoms with Crippen LogP contribution in [0.5, 0.6) is 0 Å². The molecule has 0 radical (unpaired) electrons. The maximum Gasteiger partial charge on any atom is 0.322 e. The number of carbonyl (C=O) groups is 7. The molecule has 0 aliphatic heterocycles. The molecule has 40 heavy (non-hydrogen) atoms. The van der Waals surface area contributed by atoms with Crippen LogP contribution in [0, 0.1) is 5.92 Å². The van der Waals surface area contributed by atoms with Crippen LogP contribution in [0.1, 0.15) is 46.0 Å². The number of thiol groups is 1. The highest BCUT2D eigenvalue weighted by atomic mass is 32.1. The van der Waals surface area contributed by atoms with Crippen LogP contribution >= 0.6 is 12.6 Å². The molecule has 0 aliphatic rings. The van der Waals surface area contributed by atoms with Crippen molar-refractivity contribution in [2.24, 2.45) is 23.1 Å². The van der Waals surface area contributed by atoms with Gasteiger partial charge in [0.2, 0.25) is 35.4 Å². The van der Waals surface area contributed by atoms with Crippen molar-refractivity contribution in [2.45, 2.75) is 70.1 Å². The fraction of sp³-hybridized carbons (Fsp3) is 0.696. The lowest BCUT2D eigenvalue weighted by molar-refractivity contribution is -0.138. The SMILES string of the molecule is CC[C@H](C)[C@H](NC(=O)CNC(=O)[C@@H](N)CC(N)=O)C(=O)N[C@@H](CS)C(=O)N[C@@H](CCCCN)C(=O)NCC(=O)O. The van der Waals surface area contributed by atoms with Gasteiger partial charge < -0.3 is 48.9 Å². The number of carboxylic acid groups (broad SMARTS) is 1. The van der Waals surface area contributed by atoms with Crippen LogP contribution in [-0.4, -0.2) is 96.1 Å². The summed E-state index contributed by atoms with van der Waals surface area (Å²) in [6.45, 7) is 2.67. The Morgan fingerprint density at radius 2 is 1.45 bits per heavy atom. The third-order valence-electron chi connectivity index (χ3n) is 5.80. The Labute approximate surface area is 238 Å². The Morgan fingerprint density at radius 3 is 1.98 bits per heavy atom. The summed E-state index contributed by atoms with van der Waals surface area (Å²) in [5.41, 5.74) is 16.0. The van der Waals surface area contributed by atoms with Crippen LogP contribution in [0.4, 0.5) is 0 Å². The number of hydrogen-bond donors (Lipinski definition) is 10. The highest BCUT2D eigenvalue weighted by Crippen LogP contribution is 2.09. The maximum atomic E-state index is 13.1. The molecule has 228 valence electrons. The van der Waals surface area contributed by atoms with E-state index in [0.29, 0.717) is 25.8 Å². The van der Waals surface area contributed by atoms with Crippen LogP contribution in [0.2, 0.25) is 0 Å². The summed E-state index contributed by atoms with van der Waals surface area (Å²) >= 11 is 4.12. The largest absolute Gasteiger partial charge is 0.480 e. The fourth-order valence-electron chi connectivity index (χ4n) is 3.31. The zero-order valence-electron chi connectivity index (χ0n) is 22.7. The molecule has 0 unspecified atom stereocenters. The molecule has 0 aromatic rings. The summed E-state index contributed by atoms with van der Waals surface area (Å²) < 4.78 is 0. The normalized spacial score (nSPS) is 14.4. The first-order valence-corrected chi connectivity index (χ1v) is 13.4. The molecule has 0 heterocycles. The second-order valence-corrected chi connectivity index (χ2v) is 9.49. The van der Waals surface area contributed by atoms with E-state index in [1.165, 1.54) is 0 Å². The van der Waals surface area contributed by atoms with E-state index in [4.69, 9.17) is 22.3 Å². The highest BCUT2D eigenvalue weighted by molar-refractivity contribution is 7.80. The molecule has 0 fully saturated rings. The molecular weight excluding hydrogens is 548 g/mol. The highest BCUT2D eigenvalue weighted by Gasteiger charge is 2.31. The smallest absolute Gasteiger partial charge is 0.322 e. The molecule has 0 saturated heterocycles. The maximum absolute atomic E-state index is 13.1. The predicted octanol–water partition coefficient (Wildman–Crippen LogP) is -3.93. The van der Waals surface area contributed by atoms with Crippen LogP contribution < -0.4 is 43.8 Å². The molecule has 12 N–H and O–H groups in total. The summed E-state index contributed by atoms with van der Waals surface area (Å²) in [6.07, 6.45) is 1.29. The summed E-state index contributed by atoms with van der Waals surface area (Å²) in [5, 5.41) is 20.8. The number of primary amides is 1. The third kappa shape index (κ3) is 14.6. The van der Waals surface area contributed by atoms with Crippen molar-refractivity contribution in [3.05, 3.63) is 0 Å². The van der Waals surface area contributed by atoms with Gasteiger partial charge in [-0.2, -0.15) is 12.6 Å². The van der Waals surface area contributed by atoms with Gasteiger partial charge in [-0.15, -0.1) is 0 Å². The van der Waals surface area contributed by atoms with E-state index in [1.807, 2.05) is 0 Å². The van der Waals surface area contributed by atoms with Crippen LogP contribution in [0.3, 0.4) is 0 Å². The molecule has 0 rings (SSSR count). The van der Waals surface area contributed by atoms with Crippen molar-refractivity contribution in [2.75, 3.05) is 25.4 Å². The van der Waals surface area contributed by atoms with Gasteiger partial charge in [0.1, 0.15) is 24.7 Å². The van der Waals surface area contributed by atoms with E-state index in [1.54, 1.807) is 13.8 Å². The summed E-state index contributed by atoms with van der Waals surface area (Å²) in [7, 11) is 0. The standard InChI is InChI=1S/C23H42N8O8S/c1-3-12(2)19(31-17(33)9-27-20(36)13(25)8-16(26)32)23(39)30-15(11-40)22(38)29-14(6-4-5-7-24)21(37)28-10-18(34)35/h12-15,19,40H,3-11,24-25H2,1-2H3,(H2,26,32)(H,27,36)(H,28,37)(H,29,38)(H,30,39)(H,31,33)(H,34,35)/t12-,13-,14-,15-,19-/m0/s1. The molecule has 0 spiro atoms. The Kier molecular flexibility index (Phi) is 17.9. The van der Waals surface area contributed by atoms with Crippen LogP contribution in [0.15, 0.2) is 0 Å². The Bertz CT molecular complexity index is 906. The van der Waals surface area contributed by atoms with Crippen molar-refractivity contribution < 1.29 is 38.7 Å². The number of unbranched alkanes of at least 4 members (excludes halogenated alkanes) is 1. The fourth-order valence-corrected chi connectivity index (χ4v) is 3.57. The lowest BCUT2D eigenvalue weighted by atomic mass is 9.98.